The molecule has 0 N–H and O–H groups in total. The summed E-state index contributed by atoms with van der Waals surface area (Å²) < 4.78 is 41.6. The molecule has 0 bridgehead atoms. The van der Waals surface area contributed by atoms with E-state index in [1.54, 1.807) is 13.8 Å². The Labute approximate surface area is 173 Å². The lowest BCUT2D eigenvalue weighted by Crippen LogP contribution is -2.41. The third kappa shape index (κ3) is 3.13. The first-order chi connectivity index (χ1) is 13.9. The van der Waals surface area contributed by atoms with Gasteiger partial charge in [-0.3, -0.25) is 14.2 Å². The molecular weight excluding hydrogens is 391 g/mol. The second-order valence-electron chi connectivity index (χ2n) is 8.55. The van der Waals surface area contributed by atoms with Crippen LogP contribution < -0.4 is 11.2 Å². The Balaban J connectivity index is 2.02. The van der Waals surface area contributed by atoms with Crippen LogP contribution in [-0.4, -0.2) is 32.7 Å². The first-order valence-corrected chi connectivity index (χ1v) is 9.63. The summed E-state index contributed by atoms with van der Waals surface area (Å²) in [5.41, 5.74) is 0.0343. The van der Waals surface area contributed by atoms with E-state index in [4.69, 9.17) is 9.31 Å². The van der Waals surface area contributed by atoms with Crippen molar-refractivity contribution in [3.05, 3.63) is 57.6 Å². The molecule has 0 saturated carbocycles. The summed E-state index contributed by atoms with van der Waals surface area (Å²) in [6.45, 7) is 11.0. The Morgan fingerprint density at radius 2 is 1.67 bits per heavy atom. The van der Waals surface area contributed by atoms with Gasteiger partial charge in [0.25, 0.3) is 5.56 Å². The molecule has 6 nitrogen and oxygen atoms in total. The lowest BCUT2D eigenvalue weighted by molar-refractivity contribution is 0.00578. The molecule has 1 aliphatic heterocycles. The smallest absolute Gasteiger partial charge is 0.398 e. The predicted octanol–water partition coefficient (Wildman–Crippen LogP) is 2.95. The van der Waals surface area contributed by atoms with Crippen LogP contribution in [0.4, 0.5) is 8.78 Å². The first-order valence-electron chi connectivity index (χ1n) is 9.63. The fraction of sp³-hybridized carbons (Fsp3) is 0.381. The highest BCUT2D eigenvalue weighted by Gasteiger charge is 2.52. The van der Waals surface area contributed by atoms with Crippen molar-refractivity contribution in [1.29, 1.82) is 0 Å². The Morgan fingerprint density at radius 1 is 1.03 bits per heavy atom. The van der Waals surface area contributed by atoms with Crippen molar-refractivity contribution in [1.82, 2.24) is 14.4 Å². The van der Waals surface area contributed by atoms with Crippen molar-refractivity contribution < 1.29 is 18.1 Å². The summed E-state index contributed by atoms with van der Waals surface area (Å²) >= 11 is 0. The molecule has 3 heterocycles. The number of halogens is 2. The van der Waals surface area contributed by atoms with Gasteiger partial charge in [-0.2, -0.15) is 0 Å². The van der Waals surface area contributed by atoms with Gasteiger partial charge in [0, 0.05) is 29.1 Å². The topological polar surface area (TPSA) is 65.7 Å². The second kappa shape index (κ2) is 6.68. The number of nitrogens with zero attached hydrogens (tertiary/aromatic N) is 3. The van der Waals surface area contributed by atoms with Crippen LogP contribution in [0.3, 0.4) is 0 Å². The van der Waals surface area contributed by atoms with Gasteiger partial charge in [-0.25, -0.2) is 13.8 Å². The maximum atomic E-state index is 14.6. The minimum Gasteiger partial charge on any atom is -0.398 e. The number of rotatable bonds is 2. The number of aromatic nitrogens is 3. The zero-order chi connectivity index (χ0) is 22.0. The summed E-state index contributed by atoms with van der Waals surface area (Å²) in [7, 11) is -0.866. The van der Waals surface area contributed by atoms with E-state index in [0.717, 1.165) is 12.1 Å². The Bertz CT molecular complexity index is 1220. The van der Waals surface area contributed by atoms with Gasteiger partial charge in [0.15, 0.2) is 5.65 Å². The molecule has 1 aromatic carbocycles. The Morgan fingerprint density at radius 3 is 2.27 bits per heavy atom. The Hall–Kier alpha value is -2.65. The summed E-state index contributed by atoms with van der Waals surface area (Å²) in [6.07, 6.45) is 1.50. The van der Waals surface area contributed by atoms with Gasteiger partial charge in [-0.05, 0) is 53.7 Å². The van der Waals surface area contributed by atoms with E-state index in [9.17, 15) is 13.6 Å². The van der Waals surface area contributed by atoms with E-state index in [1.807, 2.05) is 27.7 Å². The summed E-state index contributed by atoms with van der Waals surface area (Å²) in [4.78, 5) is 22.0. The molecule has 9 heteroatoms. The molecule has 1 saturated heterocycles. The van der Waals surface area contributed by atoms with Gasteiger partial charge >= 0.3 is 7.12 Å². The largest absolute Gasteiger partial charge is 0.516 e. The van der Waals surface area contributed by atoms with Gasteiger partial charge in [-0.1, -0.05) is 0 Å². The molecule has 2 aromatic heterocycles. The van der Waals surface area contributed by atoms with Crippen molar-refractivity contribution in [2.45, 2.75) is 52.7 Å². The average molecular weight is 413 g/mol. The third-order valence-electron chi connectivity index (χ3n) is 5.98. The molecule has 0 unspecified atom stereocenters. The maximum Gasteiger partial charge on any atom is 0.516 e. The molecule has 1 aliphatic rings. The van der Waals surface area contributed by atoms with Crippen LogP contribution in [-0.2, 0) is 9.31 Å². The van der Waals surface area contributed by atoms with Crippen LogP contribution in [0.25, 0.3) is 16.9 Å². The molecule has 1 fully saturated rings. The number of benzene rings is 1. The van der Waals surface area contributed by atoms with Crippen molar-refractivity contribution in [3.8, 4) is 11.3 Å². The average Bonchev–Trinajstić information content (AvgIpc) is 2.87. The minimum absolute atomic E-state index is 0.0300. The Kier molecular flexibility index (Phi) is 4.59. The number of fused-ring (bicyclic) bond motifs is 1. The quantitative estimate of drug-likeness (QED) is 0.605. The van der Waals surface area contributed by atoms with Gasteiger partial charge in [0.2, 0.25) is 0 Å². The van der Waals surface area contributed by atoms with Crippen LogP contribution in [0, 0.1) is 25.5 Å². The van der Waals surface area contributed by atoms with E-state index < -0.39 is 30.0 Å². The number of hydrogen-bond donors (Lipinski definition) is 0. The van der Waals surface area contributed by atoms with Crippen LogP contribution >= 0.6 is 0 Å². The summed E-state index contributed by atoms with van der Waals surface area (Å²) in [6, 6.07) is 3.19. The zero-order valence-corrected chi connectivity index (χ0v) is 17.7. The molecule has 0 spiro atoms. The SMILES string of the molecule is Cc1nc2c(-c3ccc(F)cc3F)nc(B3OC(C)(C)C(C)(C)O3)cn2c(=O)c1C. The van der Waals surface area contributed by atoms with Crippen LogP contribution in [0.15, 0.2) is 29.2 Å². The highest BCUT2D eigenvalue weighted by Crippen LogP contribution is 2.36. The molecule has 0 aliphatic carbocycles. The first kappa shape index (κ1) is 20.6. The normalized spacial score (nSPS) is 17.7. The van der Waals surface area contributed by atoms with E-state index >= 15 is 0 Å². The molecule has 30 heavy (non-hydrogen) atoms. The molecule has 156 valence electrons. The monoisotopic (exact) mass is 413 g/mol. The number of aryl methyl sites for hydroxylation is 1. The maximum absolute atomic E-state index is 14.6. The lowest BCUT2D eigenvalue weighted by atomic mass is 9.85. The van der Waals surface area contributed by atoms with Crippen molar-refractivity contribution in [3.63, 3.8) is 0 Å². The summed E-state index contributed by atoms with van der Waals surface area (Å²) in [5.74, 6) is -1.51. The van der Waals surface area contributed by atoms with Crippen LogP contribution in [0.5, 0.6) is 0 Å². The van der Waals surface area contributed by atoms with Crippen molar-refractivity contribution >= 4 is 18.4 Å². The van der Waals surface area contributed by atoms with Gasteiger partial charge in [-0.15, -0.1) is 0 Å². The van der Waals surface area contributed by atoms with Gasteiger partial charge < -0.3 is 9.31 Å². The fourth-order valence-electron chi connectivity index (χ4n) is 3.29. The van der Waals surface area contributed by atoms with Gasteiger partial charge in [0.1, 0.15) is 17.3 Å². The van der Waals surface area contributed by atoms with Crippen LogP contribution in [0.2, 0.25) is 0 Å². The highest BCUT2D eigenvalue weighted by molar-refractivity contribution is 6.61. The summed E-state index contributed by atoms with van der Waals surface area (Å²) in [5, 5.41) is 0. The third-order valence-corrected chi connectivity index (χ3v) is 5.98. The molecular formula is C21H22BF2N3O3. The van der Waals surface area contributed by atoms with E-state index in [-0.39, 0.29) is 22.5 Å². The predicted molar refractivity (Wildman–Crippen MR) is 110 cm³/mol. The van der Waals surface area contributed by atoms with E-state index in [2.05, 4.69) is 9.97 Å². The number of hydrogen-bond acceptors (Lipinski definition) is 5. The molecule has 0 atom stereocenters. The highest BCUT2D eigenvalue weighted by atomic mass is 19.1. The molecule has 4 rings (SSSR count). The van der Waals surface area contributed by atoms with Crippen molar-refractivity contribution in [2.24, 2.45) is 0 Å². The van der Waals surface area contributed by atoms with Crippen LogP contribution in [0.1, 0.15) is 39.0 Å². The van der Waals surface area contributed by atoms with E-state index in [1.165, 1.54) is 16.7 Å². The second-order valence-corrected chi connectivity index (χ2v) is 8.55. The standard InChI is InChI=1S/C21H22BF2N3O3/c1-11-12(2)25-18-17(14-8-7-13(23)9-15(14)24)26-16(10-27(18)19(11)28)22-29-20(3,4)21(5,6)30-22/h7-10H,1-6H3. The van der Waals surface area contributed by atoms with E-state index in [0.29, 0.717) is 16.9 Å². The molecule has 0 amide bonds. The lowest BCUT2D eigenvalue weighted by Gasteiger charge is -2.32. The van der Waals surface area contributed by atoms with Gasteiger partial charge in [0.05, 0.1) is 16.8 Å². The zero-order valence-electron chi connectivity index (χ0n) is 17.7. The minimum atomic E-state index is -0.866. The fourth-order valence-corrected chi connectivity index (χ4v) is 3.29. The molecule has 3 aromatic rings. The van der Waals surface area contributed by atoms with Crippen molar-refractivity contribution in [2.75, 3.05) is 0 Å². The molecule has 0 radical (unpaired) electrons.